The van der Waals surface area contributed by atoms with Crippen molar-refractivity contribution < 1.29 is 22.7 Å². The molecule has 0 aromatic heterocycles. The van der Waals surface area contributed by atoms with E-state index in [1.54, 1.807) is 5.32 Å². The molecule has 0 saturated heterocycles. The Morgan fingerprint density at radius 3 is 2.67 bits per heavy atom. The summed E-state index contributed by atoms with van der Waals surface area (Å²) in [7, 11) is 1.25. The number of carbonyl (C=O) groups is 1. The van der Waals surface area contributed by atoms with Crippen LogP contribution in [0.25, 0.3) is 0 Å². The number of halogens is 3. The molecule has 0 radical (unpaired) electrons. The monoisotopic (exact) mass is 276 g/mol. The minimum absolute atomic E-state index is 0.0489. The highest BCUT2D eigenvalue weighted by Crippen LogP contribution is 2.31. The number of rotatable bonds is 3. The summed E-state index contributed by atoms with van der Waals surface area (Å²) in [6.45, 7) is 0. The van der Waals surface area contributed by atoms with Gasteiger partial charge in [-0.2, -0.15) is 18.4 Å². The lowest BCUT2D eigenvalue weighted by Crippen LogP contribution is -2.30. The molecule has 0 spiro atoms. The fourth-order valence-corrected chi connectivity index (χ4v) is 1.49. The van der Waals surface area contributed by atoms with E-state index in [1.807, 2.05) is 5.40 Å². The number of thiocyanates is 1. The normalized spacial score (nSPS) is 10.6. The number of benzene rings is 1. The molecule has 0 aliphatic carbocycles. The van der Waals surface area contributed by atoms with E-state index >= 15 is 0 Å². The summed E-state index contributed by atoms with van der Waals surface area (Å²) in [5.74, 6) is -2.03. The predicted molar refractivity (Wildman–Crippen MR) is 59.1 cm³/mol. The maximum absolute atomic E-state index is 12.1. The van der Waals surface area contributed by atoms with Gasteiger partial charge in [0.05, 0.1) is 12.8 Å². The van der Waals surface area contributed by atoms with Crippen molar-refractivity contribution in [2.24, 2.45) is 0 Å². The van der Waals surface area contributed by atoms with Crippen LogP contribution in [-0.4, -0.2) is 19.2 Å². The van der Waals surface area contributed by atoms with Gasteiger partial charge in [-0.3, -0.25) is 4.79 Å². The van der Waals surface area contributed by atoms with E-state index in [9.17, 15) is 18.0 Å². The van der Waals surface area contributed by atoms with Gasteiger partial charge in [-0.15, -0.1) is 0 Å². The summed E-state index contributed by atoms with van der Waals surface area (Å²) in [6.07, 6.45) is -4.97. The van der Waals surface area contributed by atoms with Crippen LogP contribution >= 0.6 is 11.8 Å². The third-order valence-corrected chi connectivity index (χ3v) is 2.42. The lowest BCUT2D eigenvalue weighted by Gasteiger charge is -2.12. The number of nitriles is 1. The Morgan fingerprint density at radius 2 is 2.17 bits per heavy atom. The minimum atomic E-state index is -4.97. The highest BCUT2D eigenvalue weighted by atomic mass is 32.2. The molecule has 0 fully saturated rings. The standard InChI is InChI=1S/C10H7F3N2O2S/c1-17-8-4-6(18-5-14)2-3-7(8)15-9(16)10(11,12)13/h2-4H,1H3,(H,15,16). The first kappa shape index (κ1) is 14.2. The number of hydrogen-bond acceptors (Lipinski definition) is 4. The number of anilines is 1. The average Bonchev–Trinajstić information content (AvgIpc) is 2.30. The Bertz CT molecular complexity index is 497. The Morgan fingerprint density at radius 1 is 1.50 bits per heavy atom. The van der Waals surface area contributed by atoms with Crippen molar-refractivity contribution in [1.82, 2.24) is 0 Å². The van der Waals surface area contributed by atoms with Crippen molar-refractivity contribution in [2.45, 2.75) is 11.1 Å². The van der Waals surface area contributed by atoms with Crippen LogP contribution in [0.2, 0.25) is 0 Å². The van der Waals surface area contributed by atoms with Crippen LogP contribution < -0.4 is 10.1 Å². The van der Waals surface area contributed by atoms with Crippen LogP contribution in [0.15, 0.2) is 23.1 Å². The molecule has 1 rings (SSSR count). The molecule has 4 nitrogen and oxygen atoms in total. The van der Waals surface area contributed by atoms with Gasteiger partial charge in [0.15, 0.2) is 0 Å². The quantitative estimate of drug-likeness (QED) is 0.681. The second-order valence-corrected chi connectivity index (χ2v) is 3.87. The molecular formula is C10H7F3N2O2S. The fourth-order valence-electron chi connectivity index (χ4n) is 1.08. The Labute approximate surface area is 105 Å². The zero-order valence-corrected chi connectivity index (χ0v) is 9.85. The van der Waals surface area contributed by atoms with Gasteiger partial charge in [-0.25, -0.2) is 0 Å². The fraction of sp³-hybridized carbons (Fsp3) is 0.200. The second-order valence-electron chi connectivity index (χ2n) is 3.01. The number of thioether (sulfide) groups is 1. The van der Waals surface area contributed by atoms with E-state index in [4.69, 9.17) is 10.00 Å². The molecule has 0 saturated carbocycles. The van der Waals surface area contributed by atoms with Crippen molar-refractivity contribution >= 4 is 23.4 Å². The molecule has 96 valence electrons. The number of nitrogens with zero attached hydrogens (tertiary/aromatic N) is 1. The zero-order valence-electron chi connectivity index (χ0n) is 9.04. The van der Waals surface area contributed by atoms with Crippen LogP contribution in [0.5, 0.6) is 5.75 Å². The van der Waals surface area contributed by atoms with Crippen LogP contribution in [0.4, 0.5) is 18.9 Å². The van der Waals surface area contributed by atoms with Gasteiger partial charge in [0.2, 0.25) is 0 Å². The summed E-state index contributed by atoms with van der Waals surface area (Å²) >= 11 is 0.829. The molecule has 0 heterocycles. The van der Waals surface area contributed by atoms with E-state index in [-0.39, 0.29) is 11.4 Å². The van der Waals surface area contributed by atoms with Gasteiger partial charge in [-0.1, -0.05) is 0 Å². The summed E-state index contributed by atoms with van der Waals surface area (Å²) < 4.78 is 41.1. The number of alkyl halides is 3. The molecule has 0 atom stereocenters. The van der Waals surface area contributed by atoms with E-state index < -0.39 is 12.1 Å². The van der Waals surface area contributed by atoms with Gasteiger partial charge in [0, 0.05) is 4.90 Å². The maximum atomic E-state index is 12.1. The summed E-state index contributed by atoms with van der Waals surface area (Å²) in [4.78, 5) is 11.3. The molecule has 0 aliphatic heterocycles. The molecule has 18 heavy (non-hydrogen) atoms. The lowest BCUT2D eigenvalue weighted by atomic mass is 10.3. The third-order valence-electron chi connectivity index (χ3n) is 1.84. The van der Waals surface area contributed by atoms with Crippen LogP contribution in [0, 0.1) is 10.7 Å². The minimum Gasteiger partial charge on any atom is -0.495 e. The van der Waals surface area contributed by atoms with Gasteiger partial charge in [0.25, 0.3) is 0 Å². The average molecular weight is 276 g/mol. The number of methoxy groups -OCH3 is 1. The highest BCUT2D eigenvalue weighted by molar-refractivity contribution is 8.03. The van der Waals surface area contributed by atoms with E-state index in [0.717, 1.165) is 11.8 Å². The van der Waals surface area contributed by atoms with Crippen molar-refractivity contribution in [3.05, 3.63) is 18.2 Å². The first-order valence-corrected chi connectivity index (χ1v) is 5.32. The van der Waals surface area contributed by atoms with Crippen molar-refractivity contribution in [3.8, 4) is 11.2 Å². The second kappa shape index (κ2) is 5.64. The SMILES string of the molecule is COc1cc(SC#N)ccc1NC(=O)C(F)(F)F. The van der Waals surface area contributed by atoms with E-state index in [0.29, 0.717) is 4.90 Å². The molecule has 1 aromatic rings. The van der Waals surface area contributed by atoms with Gasteiger partial charge < -0.3 is 10.1 Å². The number of ether oxygens (including phenoxy) is 1. The molecule has 0 unspecified atom stereocenters. The molecule has 0 bridgehead atoms. The molecule has 1 aromatic carbocycles. The molecular weight excluding hydrogens is 269 g/mol. The predicted octanol–water partition coefficient (Wildman–Crippen LogP) is 2.77. The first-order valence-electron chi connectivity index (χ1n) is 4.50. The number of amides is 1. The number of carbonyl (C=O) groups excluding carboxylic acids is 1. The van der Waals surface area contributed by atoms with Crippen LogP contribution in [0.1, 0.15) is 0 Å². The van der Waals surface area contributed by atoms with Crippen LogP contribution in [0.3, 0.4) is 0 Å². The van der Waals surface area contributed by atoms with Gasteiger partial charge in [0.1, 0.15) is 11.2 Å². The molecule has 8 heteroatoms. The molecule has 1 N–H and O–H groups in total. The Kier molecular flexibility index (Phi) is 4.44. The van der Waals surface area contributed by atoms with E-state index in [1.165, 1.54) is 25.3 Å². The van der Waals surface area contributed by atoms with Crippen molar-refractivity contribution in [1.29, 1.82) is 5.26 Å². The third kappa shape index (κ3) is 3.56. The number of nitrogens with one attached hydrogen (secondary N) is 1. The van der Waals surface area contributed by atoms with Crippen molar-refractivity contribution in [3.63, 3.8) is 0 Å². The summed E-state index contributed by atoms with van der Waals surface area (Å²) in [6, 6.07) is 4.00. The summed E-state index contributed by atoms with van der Waals surface area (Å²) in [5.41, 5.74) is -0.109. The topological polar surface area (TPSA) is 62.1 Å². The molecule has 0 aliphatic rings. The van der Waals surface area contributed by atoms with Crippen molar-refractivity contribution in [2.75, 3.05) is 12.4 Å². The lowest BCUT2D eigenvalue weighted by molar-refractivity contribution is -0.167. The largest absolute Gasteiger partial charge is 0.495 e. The van der Waals surface area contributed by atoms with Gasteiger partial charge >= 0.3 is 12.1 Å². The maximum Gasteiger partial charge on any atom is 0.471 e. The van der Waals surface area contributed by atoms with Crippen LogP contribution in [-0.2, 0) is 4.79 Å². The molecule has 1 amide bonds. The highest BCUT2D eigenvalue weighted by Gasteiger charge is 2.39. The Hall–Kier alpha value is -1.88. The number of hydrogen-bond donors (Lipinski definition) is 1. The smallest absolute Gasteiger partial charge is 0.471 e. The Balaban J connectivity index is 2.97. The van der Waals surface area contributed by atoms with E-state index in [2.05, 4.69) is 0 Å². The van der Waals surface area contributed by atoms with Gasteiger partial charge in [-0.05, 0) is 30.0 Å². The summed E-state index contributed by atoms with van der Waals surface area (Å²) in [5, 5.41) is 12.0. The zero-order chi connectivity index (χ0) is 13.8. The first-order chi connectivity index (χ1) is 8.38.